The van der Waals surface area contributed by atoms with E-state index in [1.165, 1.54) is 12.4 Å². The molecule has 3 rings (SSSR count). The van der Waals surface area contributed by atoms with Crippen LogP contribution in [0.4, 0.5) is 10.1 Å². The number of amides is 1. The Morgan fingerprint density at radius 1 is 1.41 bits per heavy atom. The molecule has 0 bridgehead atoms. The van der Waals surface area contributed by atoms with Gasteiger partial charge in [0.05, 0.1) is 17.9 Å². The first kappa shape index (κ1) is 19.1. The topological polar surface area (TPSA) is 102 Å². The summed E-state index contributed by atoms with van der Waals surface area (Å²) in [6.07, 6.45) is 3.44. The van der Waals surface area contributed by atoms with Crippen molar-refractivity contribution in [1.29, 1.82) is 0 Å². The van der Waals surface area contributed by atoms with E-state index >= 15 is 0 Å². The summed E-state index contributed by atoms with van der Waals surface area (Å²) in [5, 5.41) is 3.37. The minimum atomic E-state index is -0.617. The van der Waals surface area contributed by atoms with Crippen LogP contribution in [0.5, 0.6) is 5.88 Å². The molecular formula is C18H20FN5O2S. The van der Waals surface area contributed by atoms with Gasteiger partial charge in [0.2, 0.25) is 5.88 Å². The summed E-state index contributed by atoms with van der Waals surface area (Å²) in [5.41, 5.74) is 7.21. The largest absolute Gasteiger partial charge is 0.474 e. The molecule has 0 radical (unpaired) electrons. The summed E-state index contributed by atoms with van der Waals surface area (Å²) >= 11 is 1.54. The number of ether oxygens (including phenoxy) is 1. The van der Waals surface area contributed by atoms with E-state index in [1.807, 2.05) is 25.1 Å². The van der Waals surface area contributed by atoms with Crippen LogP contribution in [-0.4, -0.2) is 40.1 Å². The molecule has 2 heterocycles. The fraction of sp³-hybridized carbons (Fsp3) is 0.333. The average Bonchev–Trinajstić information content (AvgIpc) is 2.67. The number of benzene rings is 1. The van der Waals surface area contributed by atoms with Crippen LogP contribution < -0.4 is 15.8 Å². The molecule has 142 valence electrons. The van der Waals surface area contributed by atoms with Gasteiger partial charge in [-0.15, -0.1) is 0 Å². The maximum absolute atomic E-state index is 12.4. The fourth-order valence-corrected chi connectivity index (χ4v) is 3.65. The molecule has 7 nitrogen and oxygen atoms in total. The number of hydrogen-bond acceptors (Lipinski definition) is 7. The molecular weight excluding hydrogens is 369 g/mol. The van der Waals surface area contributed by atoms with E-state index in [1.54, 1.807) is 17.8 Å². The summed E-state index contributed by atoms with van der Waals surface area (Å²) in [7, 11) is 0. The second-order valence-corrected chi connectivity index (χ2v) is 7.25. The van der Waals surface area contributed by atoms with Gasteiger partial charge in [-0.1, -0.05) is 23.9 Å². The summed E-state index contributed by atoms with van der Waals surface area (Å²) in [4.78, 5) is 24.9. The number of nitrogens with one attached hydrogen (secondary N) is 1. The monoisotopic (exact) mass is 389 g/mol. The van der Waals surface area contributed by atoms with E-state index in [4.69, 9.17) is 10.5 Å². The summed E-state index contributed by atoms with van der Waals surface area (Å²) < 4.78 is 17.1. The van der Waals surface area contributed by atoms with Crippen LogP contribution in [0.3, 0.4) is 0 Å². The lowest BCUT2D eigenvalue weighted by Gasteiger charge is -2.30. The minimum Gasteiger partial charge on any atom is -0.474 e. The quantitative estimate of drug-likeness (QED) is 0.788. The third-order valence-electron chi connectivity index (χ3n) is 4.13. The molecule has 0 unspecified atom stereocenters. The van der Waals surface area contributed by atoms with Crippen molar-refractivity contribution in [1.82, 2.24) is 9.97 Å². The Morgan fingerprint density at radius 2 is 2.26 bits per heavy atom. The maximum Gasteiger partial charge on any atom is 0.275 e. The van der Waals surface area contributed by atoms with Crippen LogP contribution in [0.2, 0.25) is 0 Å². The van der Waals surface area contributed by atoms with Crippen molar-refractivity contribution >= 4 is 28.5 Å². The van der Waals surface area contributed by atoms with E-state index in [9.17, 15) is 9.18 Å². The Balaban J connectivity index is 1.72. The Morgan fingerprint density at radius 3 is 2.96 bits per heavy atom. The normalized spacial score (nSPS) is 19.3. The molecule has 0 spiro atoms. The molecule has 9 heteroatoms. The highest BCUT2D eigenvalue weighted by molar-refractivity contribution is 8.13. The molecule has 0 saturated heterocycles. The Bertz CT molecular complexity index is 846. The lowest BCUT2D eigenvalue weighted by atomic mass is 9.89. The molecule has 27 heavy (non-hydrogen) atoms. The molecule has 3 N–H and O–H groups in total. The molecule has 0 saturated carbocycles. The number of hydrogen-bond donors (Lipinski definition) is 2. The molecule has 1 amide bonds. The lowest BCUT2D eigenvalue weighted by Crippen LogP contribution is -2.28. The van der Waals surface area contributed by atoms with Gasteiger partial charge >= 0.3 is 0 Å². The van der Waals surface area contributed by atoms with Crippen LogP contribution in [-0.2, 0) is 5.54 Å². The van der Waals surface area contributed by atoms with Gasteiger partial charge < -0.3 is 15.8 Å². The van der Waals surface area contributed by atoms with Gasteiger partial charge in [0.15, 0.2) is 5.17 Å². The zero-order valence-corrected chi connectivity index (χ0v) is 15.6. The van der Waals surface area contributed by atoms with E-state index < -0.39 is 18.1 Å². The van der Waals surface area contributed by atoms with Crippen molar-refractivity contribution in [3.05, 3.63) is 47.9 Å². The van der Waals surface area contributed by atoms with Gasteiger partial charge in [0.25, 0.3) is 5.91 Å². The number of nitrogens with zero attached hydrogens (tertiary/aromatic N) is 3. The van der Waals surface area contributed by atoms with Crippen LogP contribution in [0.15, 0.2) is 41.7 Å². The zero-order valence-electron chi connectivity index (χ0n) is 14.8. The van der Waals surface area contributed by atoms with Gasteiger partial charge in [0, 0.05) is 11.4 Å². The van der Waals surface area contributed by atoms with Gasteiger partial charge in [-0.3, -0.25) is 9.79 Å². The highest BCUT2D eigenvalue weighted by atomic mass is 32.2. The average molecular weight is 389 g/mol. The Kier molecular flexibility index (Phi) is 5.90. The number of thioether (sulfide) groups is 1. The van der Waals surface area contributed by atoms with Crippen molar-refractivity contribution in [3.63, 3.8) is 0 Å². The predicted octanol–water partition coefficient (Wildman–Crippen LogP) is 2.74. The number of rotatable bonds is 6. The van der Waals surface area contributed by atoms with E-state index in [2.05, 4.69) is 20.3 Å². The number of alkyl halides is 1. The molecule has 1 atom stereocenters. The van der Waals surface area contributed by atoms with Crippen molar-refractivity contribution in [2.75, 3.05) is 24.4 Å². The van der Waals surface area contributed by atoms with Crippen molar-refractivity contribution in [2.24, 2.45) is 10.7 Å². The predicted molar refractivity (Wildman–Crippen MR) is 104 cm³/mol. The molecule has 2 aromatic rings. The van der Waals surface area contributed by atoms with Crippen molar-refractivity contribution in [3.8, 4) is 5.88 Å². The molecule has 1 aliphatic heterocycles. The number of aromatic nitrogens is 2. The standard InChI is InChI=1S/C18H20FN5O2S/c1-18(5-8-27-17(20)24-18)12-3-2-4-13(9-12)23-16(25)14-10-22-15(11-21-14)26-7-6-19/h2-4,9-11H,5-8H2,1H3,(H2,20,24)(H,23,25)/t18-/m0/s1. The highest BCUT2D eigenvalue weighted by Gasteiger charge is 2.29. The van der Waals surface area contributed by atoms with Crippen LogP contribution >= 0.6 is 11.8 Å². The van der Waals surface area contributed by atoms with Gasteiger partial charge in [-0.2, -0.15) is 0 Å². The van der Waals surface area contributed by atoms with Gasteiger partial charge in [-0.05, 0) is 31.0 Å². The number of amidine groups is 1. The smallest absolute Gasteiger partial charge is 0.275 e. The van der Waals surface area contributed by atoms with E-state index in [0.717, 1.165) is 17.7 Å². The summed E-state index contributed by atoms with van der Waals surface area (Å²) in [5.74, 6) is 0.670. The van der Waals surface area contributed by atoms with Crippen molar-refractivity contribution in [2.45, 2.75) is 18.9 Å². The number of carbonyl (C=O) groups is 1. The van der Waals surface area contributed by atoms with E-state index in [-0.39, 0.29) is 18.2 Å². The second-order valence-electron chi connectivity index (χ2n) is 6.13. The first-order valence-electron chi connectivity index (χ1n) is 8.41. The number of halogens is 1. The number of nitrogens with two attached hydrogens (primary N) is 1. The lowest BCUT2D eigenvalue weighted by molar-refractivity contribution is 0.102. The molecule has 1 aliphatic rings. The SMILES string of the molecule is C[C@@]1(c2cccc(NC(=O)c3cnc(OCCF)cn3)c2)CCSC(N)=N1. The summed E-state index contributed by atoms with van der Waals surface area (Å²) in [6, 6.07) is 7.51. The fourth-order valence-electron chi connectivity index (χ4n) is 2.67. The highest BCUT2D eigenvalue weighted by Crippen LogP contribution is 2.35. The Labute approximate surface area is 160 Å². The van der Waals surface area contributed by atoms with Crippen LogP contribution in [0.1, 0.15) is 29.4 Å². The number of anilines is 1. The van der Waals surface area contributed by atoms with Crippen LogP contribution in [0, 0.1) is 0 Å². The Hall–Kier alpha value is -2.68. The maximum atomic E-state index is 12.4. The first-order chi connectivity index (χ1) is 13.0. The molecule has 1 aromatic carbocycles. The van der Waals surface area contributed by atoms with Gasteiger partial charge in [-0.25, -0.2) is 14.4 Å². The summed E-state index contributed by atoms with van der Waals surface area (Å²) in [6.45, 7) is 1.31. The van der Waals surface area contributed by atoms with Crippen molar-refractivity contribution < 1.29 is 13.9 Å². The second kappa shape index (κ2) is 8.34. The third kappa shape index (κ3) is 4.73. The molecule has 0 fully saturated rings. The minimum absolute atomic E-state index is 0.0999. The number of carbonyl (C=O) groups excluding carboxylic acids is 1. The van der Waals surface area contributed by atoms with E-state index in [0.29, 0.717) is 10.9 Å². The number of aliphatic imine (C=N–C) groups is 1. The molecule has 1 aromatic heterocycles. The van der Waals surface area contributed by atoms with Crippen LogP contribution in [0.25, 0.3) is 0 Å². The molecule has 0 aliphatic carbocycles. The first-order valence-corrected chi connectivity index (χ1v) is 9.39. The van der Waals surface area contributed by atoms with Gasteiger partial charge in [0.1, 0.15) is 19.0 Å². The third-order valence-corrected chi connectivity index (χ3v) is 4.92. The zero-order chi connectivity index (χ0) is 19.3.